The lowest BCUT2D eigenvalue weighted by molar-refractivity contribution is 0.0940. The van der Waals surface area contributed by atoms with Crippen molar-refractivity contribution in [3.05, 3.63) is 53.0 Å². The van der Waals surface area contributed by atoms with E-state index in [2.05, 4.69) is 21.6 Å². The second kappa shape index (κ2) is 9.73. The molecule has 38 heavy (non-hydrogen) atoms. The zero-order chi connectivity index (χ0) is 26.4. The summed E-state index contributed by atoms with van der Waals surface area (Å²) in [6.07, 6.45) is 7.64. The quantitative estimate of drug-likeness (QED) is 0.473. The van der Waals surface area contributed by atoms with Gasteiger partial charge in [-0.25, -0.2) is 0 Å². The van der Waals surface area contributed by atoms with Gasteiger partial charge >= 0.3 is 0 Å². The Hall–Kier alpha value is -3.39. The van der Waals surface area contributed by atoms with Crippen LogP contribution < -0.4 is 25.0 Å². The van der Waals surface area contributed by atoms with Crippen LogP contribution in [0.2, 0.25) is 0 Å². The summed E-state index contributed by atoms with van der Waals surface area (Å²) in [6, 6.07) is 7.62. The van der Waals surface area contributed by atoms with Gasteiger partial charge in [0.15, 0.2) is 11.5 Å². The summed E-state index contributed by atoms with van der Waals surface area (Å²) in [4.78, 5) is 26.0. The highest BCUT2D eigenvalue weighted by Crippen LogP contribution is 2.45. The second-order valence-corrected chi connectivity index (χ2v) is 11.1. The number of pyridine rings is 2. The molecule has 3 fully saturated rings. The molecule has 1 saturated heterocycles. The third-order valence-electron chi connectivity index (χ3n) is 8.36. The number of methoxy groups -OCH3 is 2. The summed E-state index contributed by atoms with van der Waals surface area (Å²) < 4.78 is 10.9. The number of nitrogens with zero attached hydrogens (tertiary/aromatic N) is 3. The summed E-state index contributed by atoms with van der Waals surface area (Å²) >= 11 is 0. The van der Waals surface area contributed by atoms with E-state index in [0.29, 0.717) is 28.5 Å². The standard InChI is InChI=1S/C30H37N5O3/c1-18-15-22-27(26(33-18)20-5-6-20)31-17-23(28(22)35-13-11-30(9-10-30)32-12-14-35)29(36)34-19(2)21-7-8-24(37-3)25(16-21)38-4/h7-8,15-17,19-20,32H,5-6,9-14H2,1-4H3,(H,34,36)/t19-/m0/s1. The molecule has 6 rings (SSSR count). The number of fused-ring (bicyclic) bond motifs is 1. The van der Waals surface area contributed by atoms with Gasteiger partial charge in [-0.1, -0.05) is 6.07 Å². The van der Waals surface area contributed by atoms with Crippen molar-refractivity contribution < 1.29 is 14.3 Å². The largest absolute Gasteiger partial charge is 0.493 e. The Balaban J connectivity index is 1.38. The van der Waals surface area contributed by atoms with E-state index in [-0.39, 0.29) is 11.9 Å². The lowest BCUT2D eigenvalue weighted by Crippen LogP contribution is -2.33. The van der Waals surface area contributed by atoms with Crippen LogP contribution >= 0.6 is 0 Å². The van der Waals surface area contributed by atoms with Crippen LogP contribution in [0.4, 0.5) is 5.69 Å². The Morgan fingerprint density at radius 2 is 1.92 bits per heavy atom. The average Bonchev–Trinajstić information content (AvgIpc) is 3.84. The maximum absolute atomic E-state index is 13.9. The Bertz CT molecular complexity index is 1380. The molecule has 0 unspecified atom stereocenters. The summed E-state index contributed by atoms with van der Waals surface area (Å²) in [6.45, 7) is 6.71. The van der Waals surface area contributed by atoms with Crippen LogP contribution in [0, 0.1) is 6.92 Å². The van der Waals surface area contributed by atoms with Crippen molar-refractivity contribution in [2.45, 2.75) is 63.5 Å². The Morgan fingerprint density at radius 3 is 2.63 bits per heavy atom. The van der Waals surface area contributed by atoms with Crippen molar-refractivity contribution in [3.8, 4) is 11.5 Å². The van der Waals surface area contributed by atoms with Crippen molar-refractivity contribution >= 4 is 22.5 Å². The van der Waals surface area contributed by atoms with E-state index in [1.54, 1.807) is 20.4 Å². The Labute approximate surface area is 224 Å². The summed E-state index contributed by atoms with van der Waals surface area (Å²) in [7, 11) is 3.23. The van der Waals surface area contributed by atoms with Gasteiger partial charge in [-0.2, -0.15) is 0 Å². The number of carbonyl (C=O) groups excluding carboxylic acids is 1. The van der Waals surface area contributed by atoms with E-state index < -0.39 is 0 Å². The number of benzene rings is 1. The normalized spacial score (nSPS) is 19.2. The minimum atomic E-state index is -0.229. The molecule has 3 aromatic rings. The number of anilines is 1. The van der Waals surface area contributed by atoms with Crippen molar-refractivity contribution in [2.24, 2.45) is 0 Å². The molecule has 200 valence electrons. The van der Waals surface area contributed by atoms with Gasteiger partial charge in [0.25, 0.3) is 5.91 Å². The molecule has 1 spiro atoms. The molecule has 1 amide bonds. The van der Waals surface area contributed by atoms with Gasteiger partial charge in [-0.05, 0) is 69.7 Å². The Morgan fingerprint density at radius 1 is 1.13 bits per heavy atom. The minimum absolute atomic E-state index is 0.127. The number of aryl methyl sites for hydroxylation is 1. The first-order chi connectivity index (χ1) is 18.4. The highest BCUT2D eigenvalue weighted by Gasteiger charge is 2.43. The summed E-state index contributed by atoms with van der Waals surface area (Å²) in [5.74, 6) is 1.65. The predicted octanol–water partition coefficient (Wildman–Crippen LogP) is 4.66. The van der Waals surface area contributed by atoms with Crippen molar-refractivity contribution in [1.29, 1.82) is 0 Å². The van der Waals surface area contributed by atoms with Crippen LogP contribution in [0.15, 0.2) is 30.5 Å². The van der Waals surface area contributed by atoms with Crippen LogP contribution in [0.3, 0.4) is 0 Å². The molecule has 2 N–H and O–H groups in total. The average molecular weight is 516 g/mol. The zero-order valence-electron chi connectivity index (χ0n) is 22.8. The number of ether oxygens (including phenoxy) is 2. The van der Waals surface area contributed by atoms with E-state index in [9.17, 15) is 4.79 Å². The highest BCUT2D eigenvalue weighted by atomic mass is 16.5. The van der Waals surface area contributed by atoms with Crippen molar-refractivity contribution in [2.75, 3.05) is 38.8 Å². The van der Waals surface area contributed by atoms with E-state index in [0.717, 1.165) is 72.4 Å². The van der Waals surface area contributed by atoms with Gasteiger partial charge < -0.3 is 25.0 Å². The van der Waals surface area contributed by atoms with Crippen LogP contribution in [-0.4, -0.2) is 55.3 Å². The molecule has 2 saturated carbocycles. The van der Waals surface area contributed by atoms with Crippen molar-refractivity contribution in [3.63, 3.8) is 0 Å². The minimum Gasteiger partial charge on any atom is -0.493 e. The van der Waals surface area contributed by atoms with Gasteiger partial charge in [0.05, 0.1) is 42.7 Å². The number of amides is 1. The summed E-state index contributed by atoms with van der Waals surface area (Å²) in [5.41, 5.74) is 5.83. The molecule has 1 aliphatic heterocycles. The van der Waals surface area contributed by atoms with E-state index in [4.69, 9.17) is 19.4 Å². The molecule has 8 heteroatoms. The number of nitrogens with one attached hydrogen (secondary N) is 2. The van der Waals surface area contributed by atoms with Gasteiger partial charge in [0.2, 0.25) is 0 Å². The second-order valence-electron chi connectivity index (χ2n) is 11.1. The maximum Gasteiger partial charge on any atom is 0.255 e. The SMILES string of the molecule is COc1ccc([C@H](C)NC(=O)c2cnc3c(C4CC4)nc(C)cc3c2N2CCNC3(CC2)CC3)cc1OC. The molecular weight excluding hydrogens is 478 g/mol. The number of hydrogen-bond donors (Lipinski definition) is 2. The van der Waals surface area contributed by atoms with Gasteiger partial charge in [0, 0.05) is 48.4 Å². The van der Waals surface area contributed by atoms with Crippen LogP contribution in [0.25, 0.3) is 10.9 Å². The molecule has 1 aromatic carbocycles. The Kier molecular flexibility index (Phi) is 6.38. The molecule has 0 radical (unpaired) electrons. The number of hydrogen-bond acceptors (Lipinski definition) is 7. The molecule has 3 heterocycles. The lowest BCUT2D eigenvalue weighted by atomic mass is 10.0. The summed E-state index contributed by atoms with van der Waals surface area (Å²) in [5, 5.41) is 8.02. The van der Waals surface area contributed by atoms with E-state index in [1.165, 1.54) is 12.8 Å². The molecule has 1 atom stereocenters. The molecule has 8 nitrogen and oxygen atoms in total. The van der Waals surface area contributed by atoms with Gasteiger partial charge in [-0.15, -0.1) is 0 Å². The molecule has 2 aromatic heterocycles. The zero-order valence-corrected chi connectivity index (χ0v) is 22.8. The molecule has 3 aliphatic rings. The first-order valence-electron chi connectivity index (χ1n) is 13.7. The number of carbonyl (C=O) groups is 1. The number of aromatic nitrogens is 2. The highest BCUT2D eigenvalue weighted by molar-refractivity contribution is 6.08. The molecular formula is C30H37N5O3. The monoisotopic (exact) mass is 515 g/mol. The van der Waals surface area contributed by atoms with Crippen LogP contribution in [-0.2, 0) is 0 Å². The first-order valence-corrected chi connectivity index (χ1v) is 13.7. The topological polar surface area (TPSA) is 88.6 Å². The fourth-order valence-corrected chi connectivity index (χ4v) is 5.78. The van der Waals surface area contributed by atoms with Crippen LogP contribution in [0.1, 0.15) is 78.3 Å². The molecule has 2 aliphatic carbocycles. The van der Waals surface area contributed by atoms with Crippen molar-refractivity contribution in [1.82, 2.24) is 20.6 Å². The van der Waals surface area contributed by atoms with Crippen LogP contribution in [0.5, 0.6) is 11.5 Å². The lowest BCUT2D eigenvalue weighted by Gasteiger charge is -2.27. The van der Waals surface area contributed by atoms with Gasteiger partial charge in [-0.3, -0.25) is 14.8 Å². The smallest absolute Gasteiger partial charge is 0.255 e. The third-order valence-corrected chi connectivity index (χ3v) is 8.36. The predicted molar refractivity (Wildman–Crippen MR) is 148 cm³/mol. The third kappa shape index (κ3) is 4.66. The number of rotatable bonds is 7. The van der Waals surface area contributed by atoms with E-state index >= 15 is 0 Å². The first kappa shape index (κ1) is 24.9. The maximum atomic E-state index is 13.9. The fourth-order valence-electron chi connectivity index (χ4n) is 5.78. The van der Waals surface area contributed by atoms with E-state index in [1.807, 2.05) is 32.0 Å². The molecule has 0 bridgehead atoms. The van der Waals surface area contributed by atoms with Gasteiger partial charge in [0.1, 0.15) is 0 Å². The fraction of sp³-hybridized carbons (Fsp3) is 0.500.